The number of hydrogen-bond acceptors (Lipinski definition) is 2. The molecule has 11 aromatic carbocycles. The topological polar surface area (TPSA) is 3.24 Å². The van der Waals surface area contributed by atoms with Gasteiger partial charge in [0.1, 0.15) is 0 Å². The Labute approximate surface area is 377 Å². The molecule has 0 N–H and O–H groups in total. The van der Waals surface area contributed by atoms with E-state index in [1.165, 1.54) is 97.4 Å². The molecule has 0 radical (unpaired) electrons. The van der Waals surface area contributed by atoms with Crippen LogP contribution in [-0.2, 0) is 0 Å². The average molecular weight is 832 g/mol. The van der Waals surface area contributed by atoms with E-state index < -0.39 is 0 Å². The first-order valence-electron chi connectivity index (χ1n) is 21.9. The predicted molar refractivity (Wildman–Crippen MR) is 276 cm³/mol. The maximum atomic E-state index is 2.46. The summed E-state index contributed by atoms with van der Waals surface area (Å²) in [5.41, 5.74) is 15.4. The zero-order valence-corrected chi connectivity index (χ0v) is 35.8. The van der Waals surface area contributed by atoms with Crippen molar-refractivity contribution in [2.75, 3.05) is 4.90 Å². The van der Waals surface area contributed by atoms with Gasteiger partial charge in [0.25, 0.3) is 0 Å². The lowest BCUT2D eigenvalue weighted by Gasteiger charge is -2.27. The molecule has 300 valence electrons. The fraction of sp³-hybridized carbons (Fsp3) is 0. The summed E-state index contributed by atoms with van der Waals surface area (Å²) >= 11 is 1.87. The summed E-state index contributed by atoms with van der Waals surface area (Å²) in [6.07, 6.45) is 0. The minimum atomic E-state index is 1.10. The maximum absolute atomic E-state index is 2.46. The van der Waals surface area contributed by atoms with Crippen LogP contribution in [0.4, 0.5) is 17.1 Å². The Morgan fingerprint density at radius 3 is 1.34 bits per heavy atom. The molecule has 0 aliphatic heterocycles. The van der Waals surface area contributed by atoms with Gasteiger partial charge in [-0.15, -0.1) is 11.3 Å². The van der Waals surface area contributed by atoms with E-state index >= 15 is 0 Å². The van der Waals surface area contributed by atoms with Gasteiger partial charge >= 0.3 is 0 Å². The van der Waals surface area contributed by atoms with Crippen LogP contribution in [0.3, 0.4) is 0 Å². The highest BCUT2D eigenvalue weighted by atomic mass is 32.1. The number of benzene rings is 11. The molecule has 0 saturated carbocycles. The molecule has 0 bridgehead atoms. The van der Waals surface area contributed by atoms with Gasteiger partial charge in [-0.3, -0.25) is 0 Å². The lowest BCUT2D eigenvalue weighted by molar-refractivity contribution is 1.30. The van der Waals surface area contributed by atoms with Crippen LogP contribution in [0.1, 0.15) is 0 Å². The zero-order chi connectivity index (χ0) is 42.4. The van der Waals surface area contributed by atoms with E-state index in [1.807, 2.05) is 11.3 Å². The quantitative estimate of drug-likeness (QED) is 0.138. The highest BCUT2D eigenvalue weighted by Crippen LogP contribution is 2.48. The van der Waals surface area contributed by atoms with Crippen molar-refractivity contribution < 1.29 is 0 Å². The van der Waals surface area contributed by atoms with E-state index in [0.717, 1.165) is 17.1 Å². The van der Waals surface area contributed by atoms with E-state index in [4.69, 9.17) is 0 Å². The number of hydrogen-bond donors (Lipinski definition) is 0. The molecule has 1 nitrogen and oxygen atoms in total. The van der Waals surface area contributed by atoms with E-state index in [-0.39, 0.29) is 0 Å². The molecule has 2 heteroatoms. The van der Waals surface area contributed by atoms with Crippen LogP contribution < -0.4 is 4.90 Å². The lowest BCUT2D eigenvalue weighted by Crippen LogP contribution is -2.10. The van der Waals surface area contributed by atoms with Gasteiger partial charge in [-0.2, -0.15) is 0 Å². The van der Waals surface area contributed by atoms with E-state index in [9.17, 15) is 0 Å². The van der Waals surface area contributed by atoms with Gasteiger partial charge in [0.05, 0.1) is 10.4 Å². The minimum Gasteiger partial charge on any atom is -0.309 e. The first-order chi connectivity index (χ1) is 31.7. The molecule has 0 saturated heterocycles. The summed E-state index contributed by atoms with van der Waals surface area (Å²) in [5, 5.41) is 7.58. The third kappa shape index (κ3) is 6.64. The fourth-order valence-corrected chi connectivity index (χ4v) is 10.9. The first-order valence-corrected chi connectivity index (χ1v) is 22.7. The van der Waals surface area contributed by atoms with Gasteiger partial charge in [0, 0.05) is 26.8 Å². The van der Waals surface area contributed by atoms with Crippen LogP contribution >= 0.6 is 11.3 Å². The van der Waals surface area contributed by atoms with Gasteiger partial charge in [-0.05, 0) is 126 Å². The highest BCUT2D eigenvalue weighted by Gasteiger charge is 2.21. The van der Waals surface area contributed by atoms with Crippen molar-refractivity contribution in [3.8, 4) is 55.6 Å². The predicted octanol–water partition coefficient (Wildman–Crippen LogP) is 18.2. The third-order valence-corrected chi connectivity index (χ3v) is 13.8. The first kappa shape index (κ1) is 37.7. The van der Waals surface area contributed by atoms with Crippen molar-refractivity contribution in [2.24, 2.45) is 0 Å². The summed E-state index contributed by atoms with van der Waals surface area (Å²) in [7, 11) is 0. The van der Waals surface area contributed by atoms with Crippen LogP contribution in [0.25, 0.3) is 97.4 Å². The summed E-state index contributed by atoms with van der Waals surface area (Å²) < 4.78 is 2.56. The molecule has 0 spiro atoms. The maximum Gasteiger partial charge on any atom is 0.0640 e. The van der Waals surface area contributed by atoms with Crippen molar-refractivity contribution in [3.63, 3.8) is 0 Å². The van der Waals surface area contributed by atoms with Crippen LogP contribution in [-0.4, -0.2) is 0 Å². The normalized spacial score (nSPS) is 11.4. The van der Waals surface area contributed by atoms with Gasteiger partial charge < -0.3 is 4.90 Å². The lowest BCUT2D eigenvalue weighted by atomic mass is 9.84. The van der Waals surface area contributed by atoms with Gasteiger partial charge in [-0.1, -0.05) is 200 Å². The summed E-state index contributed by atoms with van der Waals surface area (Å²) in [4.78, 5) is 2.46. The average Bonchev–Trinajstić information content (AvgIpc) is 3.77. The van der Waals surface area contributed by atoms with Gasteiger partial charge in [0.15, 0.2) is 0 Å². The second-order valence-electron chi connectivity index (χ2n) is 16.4. The number of rotatable bonds is 8. The van der Waals surface area contributed by atoms with Crippen LogP contribution in [0, 0.1) is 0 Å². The van der Waals surface area contributed by atoms with Crippen LogP contribution in [0.2, 0.25) is 0 Å². The molecular formula is C62H41NS. The van der Waals surface area contributed by atoms with Crippen molar-refractivity contribution in [2.45, 2.75) is 0 Å². The third-order valence-electron chi connectivity index (χ3n) is 12.6. The number of anilines is 3. The summed E-state index contributed by atoms with van der Waals surface area (Å²) in [5.74, 6) is 0. The smallest absolute Gasteiger partial charge is 0.0640 e. The number of thiophene rings is 1. The molecule has 0 unspecified atom stereocenters. The van der Waals surface area contributed by atoms with Crippen molar-refractivity contribution in [3.05, 3.63) is 249 Å². The van der Waals surface area contributed by atoms with E-state index in [1.54, 1.807) is 0 Å². The SMILES string of the molecule is c1ccc(-c2cc(-c3ccccc3)cc(N(c3ccc(-c4ccc5c(c4)c(-c4ccccc4)c(-c4ccccc4)c4ccccc45)cc3)c3cccc4c3sc3ccccc34)c2)cc1. The van der Waals surface area contributed by atoms with E-state index in [2.05, 4.69) is 254 Å². The number of fused-ring (bicyclic) bond motifs is 6. The molecule has 0 fully saturated rings. The van der Waals surface area contributed by atoms with Crippen LogP contribution in [0.5, 0.6) is 0 Å². The Kier molecular flexibility index (Phi) is 9.43. The molecule has 0 amide bonds. The summed E-state index contributed by atoms with van der Waals surface area (Å²) in [6.45, 7) is 0. The van der Waals surface area contributed by atoms with Crippen molar-refractivity contribution >= 4 is 70.1 Å². The molecule has 0 aliphatic carbocycles. The Morgan fingerprint density at radius 1 is 0.250 bits per heavy atom. The summed E-state index contributed by atoms with van der Waals surface area (Å²) in [6, 6.07) is 91.0. The molecule has 0 atom stereocenters. The molecule has 12 aromatic rings. The highest BCUT2D eigenvalue weighted by molar-refractivity contribution is 7.26. The molecule has 64 heavy (non-hydrogen) atoms. The largest absolute Gasteiger partial charge is 0.309 e. The Morgan fingerprint density at radius 2 is 0.719 bits per heavy atom. The Bertz CT molecular complexity index is 3570. The molecule has 12 rings (SSSR count). The van der Waals surface area contributed by atoms with Crippen LogP contribution in [0.15, 0.2) is 249 Å². The van der Waals surface area contributed by atoms with Crippen molar-refractivity contribution in [1.29, 1.82) is 0 Å². The fourth-order valence-electron chi connectivity index (χ4n) is 9.65. The second-order valence-corrected chi connectivity index (χ2v) is 17.5. The monoisotopic (exact) mass is 831 g/mol. The minimum absolute atomic E-state index is 1.10. The molecule has 1 heterocycles. The zero-order valence-electron chi connectivity index (χ0n) is 35.0. The molecule has 1 aromatic heterocycles. The Balaban J connectivity index is 1.06. The molecular weight excluding hydrogens is 791 g/mol. The van der Waals surface area contributed by atoms with Gasteiger partial charge in [-0.25, -0.2) is 0 Å². The molecule has 0 aliphatic rings. The second kappa shape index (κ2) is 16.0. The van der Waals surface area contributed by atoms with E-state index in [0.29, 0.717) is 0 Å². The van der Waals surface area contributed by atoms with Gasteiger partial charge in [0.2, 0.25) is 0 Å². The number of nitrogens with zero attached hydrogens (tertiary/aromatic N) is 1. The Hall–Kier alpha value is -8.04. The standard InChI is InChI=1S/C62H41NS/c1-5-18-42(19-6-1)48-38-49(43-20-7-2-8-21-43)40-51(39-48)63(58-30-17-29-56-54-27-15-16-31-59(54)64-62(56)58)50-35-32-44(33-36-50)47-34-37-53-52-26-13-14-28-55(52)60(45-22-9-3-10-23-45)61(57(53)41-47)46-24-11-4-12-25-46/h1-41H. The van der Waals surface area contributed by atoms with Crippen molar-refractivity contribution in [1.82, 2.24) is 0 Å².